The van der Waals surface area contributed by atoms with Crippen LogP contribution in [-0.2, 0) is 12.5 Å². The zero-order chi connectivity index (χ0) is 13.5. The zero-order valence-corrected chi connectivity index (χ0v) is 11.2. The Balaban J connectivity index is 2.11. The van der Waals surface area contributed by atoms with E-state index in [9.17, 15) is 4.79 Å². The summed E-state index contributed by atoms with van der Waals surface area (Å²) in [6.07, 6.45) is 4.75. The first-order chi connectivity index (χ1) is 9.15. The number of rotatable bonds is 3. The number of benzene rings is 1. The number of aromatic nitrogens is 3. The Morgan fingerprint density at radius 3 is 2.79 bits per heavy atom. The third-order valence-electron chi connectivity index (χ3n) is 4.11. The first kappa shape index (κ1) is 12.1. The number of hydrogen-bond donors (Lipinski definition) is 0. The molecule has 1 aromatic carbocycles. The van der Waals surface area contributed by atoms with Gasteiger partial charge in [0, 0.05) is 12.6 Å². The van der Waals surface area contributed by atoms with Gasteiger partial charge in [-0.25, -0.2) is 0 Å². The maximum Gasteiger partial charge on any atom is 0.150 e. The maximum atomic E-state index is 11.0. The molecular weight excluding hydrogens is 238 g/mol. The molecule has 0 spiro atoms. The lowest BCUT2D eigenvalue weighted by Crippen LogP contribution is -2.43. The third-order valence-corrected chi connectivity index (χ3v) is 4.11. The Labute approximate surface area is 112 Å². The van der Waals surface area contributed by atoms with Crippen molar-refractivity contribution in [1.29, 1.82) is 0 Å². The van der Waals surface area contributed by atoms with Gasteiger partial charge in [-0.1, -0.05) is 25.1 Å². The summed E-state index contributed by atoms with van der Waals surface area (Å²) in [5, 5.41) is 8.31. The minimum absolute atomic E-state index is 0.0797. The summed E-state index contributed by atoms with van der Waals surface area (Å²) >= 11 is 0. The minimum Gasteiger partial charge on any atom is -0.320 e. The molecule has 1 fully saturated rings. The lowest BCUT2D eigenvalue weighted by atomic mass is 9.58. The minimum atomic E-state index is -0.0797. The van der Waals surface area contributed by atoms with Gasteiger partial charge in [0.05, 0.1) is 5.41 Å². The quantitative estimate of drug-likeness (QED) is 0.791. The Morgan fingerprint density at radius 2 is 2.21 bits per heavy atom. The fourth-order valence-electron chi connectivity index (χ4n) is 3.30. The van der Waals surface area contributed by atoms with E-state index >= 15 is 0 Å². The molecule has 0 aliphatic heterocycles. The van der Waals surface area contributed by atoms with Crippen molar-refractivity contribution in [2.45, 2.75) is 25.2 Å². The van der Waals surface area contributed by atoms with Gasteiger partial charge in [0.15, 0.2) is 0 Å². The Kier molecular flexibility index (Phi) is 2.73. The van der Waals surface area contributed by atoms with E-state index < -0.39 is 0 Å². The molecule has 98 valence electrons. The lowest BCUT2D eigenvalue weighted by molar-refractivity contribution is 0.112. The third kappa shape index (κ3) is 1.79. The SMILES string of the molecule is Cn1cnnc1[C@]1(c2cccc(C=O)c2)C[C@H](C)C1. The van der Waals surface area contributed by atoms with Crippen LogP contribution in [0.1, 0.15) is 41.5 Å². The van der Waals surface area contributed by atoms with Crippen LogP contribution in [0.15, 0.2) is 30.6 Å². The molecule has 1 aliphatic carbocycles. The highest BCUT2D eigenvalue weighted by atomic mass is 16.1. The van der Waals surface area contributed by atoms with E-state index in [0.29, 0.717) is 5.92 Å². The number of carbonyl (C=O) groups excluding carboxylic acids is 1. The summed E-state index contributed by atoms with van der Waals surface area (Å²) in [5.74, 6) is 1.67. The molecule has 2 aromatic rings. The maximum absolute atomic E-state index is 11.0. The number of carbonyl (C=O) groups is 1. The van der Waals surface area contributed by atoms with Gasteiger partial charge in [-0.3, -0.25) is 4.79 Å². The van der Waals surface area contributed by atoms with Crippen molar-refractivity contribution in [2.24, 2.45) is 13.0 Å². The number of aryl methyl sites for hydroxylation is 1. The number of aldehydes is 1. The van der Waals surface area contributed by atoms with E-state index in [0.717, 1.165) is 30.5 Å². The summed E-state index contributed by atoms with van der Waals surface area (Å²) < 4.78 is 1.99. The Morgan fingerprint density at radius 1 is 1.42 bits per heavy atom. The van der Waals surface area contributed by atoms with Gasteiger partial charge >= 0.3 is 0 Å². The van der Waals surface area contributed by atoms with Gasteiger partial charge in [0.1, 0.15) is 18.4 Å². The second-order valence-corrected chi connectivity index (χ2v) is 5.60. The van der Waals surface area contributed by atoms with Crippen molar-refractivity contribution in [3.63, 3.8) is 0 Å². The Hall–Kier alpha value is -1.97. The smallest absolute Gasteiger partial charge is 0.150 e. The van der Waals surface area contributed by atoms with Crippen molar-refractivity contribution in [3.8, 4) is 0 Å². The molecule has 19 heavy (non-hydrogen) atoms. The van der Waals surface area contributed by atoms with Crippen molar-refractivity contribution in [3.05, 3.63) is 47.5 Å². The van der Waals surface area contributed by atoms with Crippen LogP contribution in [0.25, 0.3) is 0 Å². The average Bonchev–Trinajstić information content (AvgIpc) is 2.81. The molecule has 3 rings (SSSR count). The molecule has 0 bridgehead atoms. The first-order valence-electron chi connectivity index (χ1n) is 6.56. The number of hydrogen-bond acceptors (Lipinski definition) is 3. The van der Waals surface area contributed by atoms with Crippen LogP contribution in [0.3, 0.4) is 0 Å². The molecule has 0 N–H and O–H groups in total. The molecule has 0 unspecified atom stereocenters. The molecule has 4 nitrogen and oxygen atoms in total. The van der Waals surface area contributed by atoms with Crippen LogP contribution in [0.4, 0.5) is 0 Å². The fraction of sp³-hybridized carbons (Fsp3) is 0.400. The van der Waals surface area contributed by atoms with E-state index in [4.69, 9.17) is 0 Å². The summed E-state index contributed by atoms with van der Waals surface area (Å²) in [6.45, 7) is 2.25. The van der Waals surface area contributed by atoms with E-state index in [-0.39, 0.29) is 5.41 Å². The van der Waals surface area contributed by atoms with E-state index in [1.807, 2.05) is 29.8 Å². The fourth-order valence-corrected chi connectivity index (χ4v) is 3.30. The monoisotopic (exact) mass is 255 g/mol. The molecule has 0 radical (unpaired) electrons. The second kappa shape index (κ2) is 4.30. The summed E-state index contributed by atoms with van der Waals surface area (Å²) in [4.78, 5) is 11.0. The largest absolute Gasteiger partial charge is 0.320 e. The second-order valence-electron chi connectivity index (χ2n) is 5.60. The predicted octanol–water partition coefficient (Wildman–Crippen LogP) is 2.34. The van der Waals surface area contributed by atoms with E-state index in [2.05, 4.69) is 23.2 Å². The van der Waals surface area contributed by atoms with Gasteiger partial charge in [-0.05, 0) is 30.4 Å². The highest BCUT2D eigenvalue weighted by Gasteiger charge is 2.48. The molecule has 1 heterocycles. The summed E-state index contributed by atoms with van der Waals surface area (Å²) in [6, 6.07) is 7.85. The molecular formula is C15H17N3O. The van der Waals surface area contributed by atoms with Crippen LogP contribution in [0.2, 0.25) is 0 Å². The highest BCUT2D eigenvalue weighted by Crippen LogP contribution is 2.51. The van der Waals surface area contributed by atoms with Gasteiger partial charge in [0.25, 0.3) is 0 Å². The molecule has 1 aliphatic rings. The van der Waals surface area contributed by atoms with Gasteiger partial charge in [-0.2, -0.15) is 0 Å². The van der Waals surface area contributed by atoms with E-state index in [1.165, 1.54) is 5.56 Å². The first-order valence-corrected chi connectivity index (χ1v) is 6.56. The molecule has 1 saturated carbocycles. The zero-order valence-electron chi connectivity index (χ0n) is 11.2. The van der Waals surface area contributed by atoms with Crippen LogP contribution in [0.5, 0.6) is 0 Å². The molecule has 0 saturated heterocycles. The number of nitrogens with zero attached hydrogens (tertiary/aromatic N) is 3. The summed E-state index contributed by atoms with van der Waals surface area (Å²) in [7, 11) is 1.98. The molecule has 1 aromatic heterocycles. The summed E-state index contributed by atoms with van der Waals surface area (Å²) in [5.41, 5.74) is 1.81. The van der Waals surface area contributed by atoms with Gasteiger partial charge in [-0.15, -0.1) is 10.2 Å². The normalized spacial score (nSPS) is 25.9. The standard InChI is InChI=1S/C15H17N3O/c1-11-7-15(8-11,14-17-16-10-18(14)2)13-5-3-4-12(6-13)9-19/h3-6,9-11H,7-8H2,1-2H3/t11-,15+. The van der Waals surface area contributed by atoms with Crippen molar-refractivity contribution < 1.29 is 4.79 Å². The van der Waals surface area contributed by atoms with Crippen molar-refractivity contribution in [1.82, 2.24) is 14.8 Å². The van der Waals surface area contributed by atoms with Crippen LogP contribution in [0, 0.1) is 5.92 Å². The van der Waals surface area contributed by atoms with Gasteiger partial charge < -0.3 is 4.57 Å². The lowest BCUT2D eigenvalue weighted by Gasteiger charge is -2.46. The van der Waals surface area contributed by atoms with Crippen molar-refractivity contribution in [2.75, 3.05) is 0 Å². The van der Waals surface area contributed by atoms with Crippen LogP contribution < -0.4 is 0 Å². The van der Waals surface area contributed by atoms with E-state index in [1.54, 1.807) is 6.33 Å². The average molecular weight is 255 g/mol. The molecule has 0 atom stereocenters. The Bertz CT molecular complexity index is 611. The molecule has 4 heteroatoms. The van der Waals surface area contributed by atoms with Crippen LogP contribution >= 0.6 is 0 Å². The van der Waals surface area contributed by atoms with Gasteiger partial charge in [0.2, 0.25) is 0 Å². The topological polar surface area (TPSA) is 47.8 Å². The molecule has 0 amide bonds. The predicted molar refractivity (Wildman–Crippen MR) is 72.0 cm³/mol. The van der Waals surface area contributed by atoms with Crippen LogP contribution in [-0.4, -0.2) is 21.1 Å². The van der Waals surface area contributed by atoms with Crippen molar-refractivity contribution >= 4 is 6.29 Å². The highest BCUT2D eigenvalue weighted by molar-refractivity contribution is 5.75.